The number of amides is 1. The Hall–Kier alpha value is -3.32. The van der Waals surface area contributed by atoms with E-state index in [0.717, 1.165) is 16.9 Å². The lowest BCUT2D eigenvalue weighted by atomic mass is 10.1. The lowest BCUT2D eigenvalue weighted by molar-refractivity contribution is 0.0947. The molecule has 2 N–H and O–H groups in total. The summed E-state index contributed by atoms with van der Waals surface area (Å²) in [6.45, 7) is 6.47. The SMILES string of the molecule is Cc1cc(C)cc(OCCNC(=O)c2ccc(NS(=O)(=O)c3ccccc3)c(C)c2)c1. The molecule has 0 bridgehead atoms. The number of hydrogen-bond donors (Lipinski definition) is 2. The van der Waals surface area contributed by atoms with Gasteiger partial charge in [-0.3, -0.25) is 9.52 Å². The van der Waals surface area contributed by atoms with Crippen molar-refractivity contribution in [2.75, 3.05) is 17.9 Å². The second-order valence-corrected chi connectivity index (χ2v) is 9.06. The first kappa shape index (κ1) is 22.4. The largest absolute Gasteiger partial charge is 0.492 e. The van der Waals surface area contributed by atoms with Gasteiger partial charge in [0.05, 0.1) is 17.1 Å². The number of benzene rings is 3. The van der Waals surface area contributed by atoms with Gasteiger partial charge < -0.3 is 10.1 Å². The minimum atomic E-state index is -3.69. The summed E-state index contributed by atoms with van der Waals surface area (Å²) in [6, 6.07) is 19.0. The highest BCUT2D eigenvalue weighted by Crippen LogP contribution is 2.21. The number of carbonyl (C=O) groups excluding carboxylic acids is 1. The number of ether oxygens (including phenoxy) is 1. The molecule has 3 aromatic rings. The quantitative estimate of drug-likeness (QED) is 0.516. The highest BCUT2D eigenvalue weighted by atomic mass is 32.2. The van der Waals surface area contributed by atoms with Crippen LogP contribution in [0.4, 0.5) is 5.69 Å². The summed E-state index contributed by atoms with van der Waals surface area (Å²) < 4.78 is 33.3. The summed E-state index contributed by atoms with van der Waals surface area (Å²) >= 11 is 0. The van der Waals surface area contributed by atoms with Gasteiger partial charge in [-0.2, -0.15) is 0 Å². The molecule has 0 heterocycles. The monoisotopic (exact) mass is 438 g/mol. The normalized spacial score (nSPS) is 11.1. The van der Waals surface area contributed by atoms with E-state index in [-0.39, 0.29) is 10.8 Å². The van der Waals surface area contributed by atoms with Crippen LogP contribution in [0.3, 0.4) is 0 Å². The molecule has 0 aliphatic rings. The number of nitrogens with one attached hydrogen (secondary N) is 2. The molecule has 1 amide bonds. The Morgan fingerprint density at radius 1 is 0.903 bits per heavy atom. The van der Waals surface area contributed by atoms with Crippen molar-refractivity contribution in [3.8, 4) is 5.75 Å². The van der Waals surface area contributed by atoms with Gasteiger partial charge in [-0.05, 0) is 79.9 Å². The van der Waals surface area contributed by atoms with Crippen LogP contribution in [-0.4, -0.2) is 27.5 Å². The smallest absolute Gasteiger partial charge is 0.261 e. The molecule has 0 fully saturated rings. The van der Waals surface area contributed by atoms with Crippen molar-refractivity contribution in [2.24, 2.45) is 0 Å². The number of rotatable bonds is 8. The van der Waals surface area contributed by atoms with Gasteiger partial charge >= 0.3 is 0 Å². The Bertz CT molecular complexity index is 1160. The maximum atomic E-state index is 12.5. The standard InChI is InChI=1S/C24H26N2O4S/c1-17-13-18(2)15-21(14-17)30-12-11-25-24(27)20-9-10-23(19(3)16-20)26-31(28,29)22-7-5-4-6-8-22/h4-10,13-16,26H,11-12H2,1-3H3,(H,25,27). The highest BCUT2D eigenvalue weighted by Gasteiger charge is 2.15. The topological polar surface area (TPSA) is 84.5 Å². The van der Waals surface area contributed by atoms with Crippen molar-refractivity contribution in [3.05, 3.63) is 89.0 Å². The number of hydrogen-bond acceptors (Lipinski definition) is 4. The second kappa shape index (κ2) is 9.66. The van der Waals surface area contributed by atoms with Gasteiger partial charge in [-0.1, -0.05) is 24.3 Å². The van der Waals surface area contributed by atoms with E-state index in [9.17, 15) is 13.2 Å². The van der Waals surface area contributed by atoms with Crippen LogP contribution in [0, 0.1) is 20.8 Å². The highest BCUT2D eigenvalue weighted by molar-refractivity contribution is 7.92. The van der Waals surface area contributed by atoms with Crippen molar-refractivity contribution in [3.63, 3.8) is 0 Å². The number of carbonyl (C=O) groups is 1. The molecular weight excluding hydrogens is 412 g/mol. The van der Waals surface area contributed by atoms with E-state index in [1.807, 2.05) is 26.0 Å². The van der Waals surface area contributed by atoms with Gasteiger partial charge in [0.1, 0.15) is 12.4 Å². The molecular formula is C24H26N2O4S. The van der Waals surface area contributed by atoms with Gasteiger partial charge in [0, 0.05) is 5.56 Å². The Morgan fingerprint density at radius 3 is 2.23 bits per heavy atom. The molecule has 162 valence electrons. The zero-order chi connectivity index (χ0) is 22.4. The van der Waals surface area contributed by atoms with E-state index in [4.69, 9.17) is 4.74 Å². The average Bonchev–Trinajstić information content (AvgIpc) is 2.72. The maximum absolute atomic E-state index is 12.5. The number of sulfonamides is 1. The first-order chi connectivity index (χ1) is 14.7. The van der Waals surface area contributed by atoms with Crippen LogP contribution in [0.15, 0.2) is 71.6 Å². The van der Waals surface area contributed by atoms with Crippen LogP contribution >= 0.6 is 0 Å². The third kappa shape index (κ3) is 6.08. The van der Waals surface area contributed by atoms with E-state index in [1.165, 1.54) is 12.1 Å². The fourth-order valence-electron chi connectivity index (χ4n) is 3.17. The molecule has 6 nitrogen and oxygen atoms in total. The molecule has 0 aliphatic heterocycles. The maximum Gasteiger partial charge on any atom is 0.261 e. The molecule has 0 saturated heterocycles. The zero-order valence-electron chi connectivity index (χ0n) is 17.8. The molecule has 0 unspecified atom stereocenters. The fourth-order valence-corrected chi connectivity index (χ4v) is 4.33. The summed E-state index contributed by atoms with van der Waals surface area (Å²) in [5, 5.41) is 2.82. The van der Waals surface area contributed by atoms with Crippen LogP contribution in [0.25, 0.3) is 0 Å². The van der Waals surface area contributed by atoms with Crippen LogP contribution in [-0.2, 0) is 10.0 Å². The molecule has 0 aromatic heterocycles. The first-order valence-corrected chi connectivity index (χ1v) is 11.4. The van der Waals surface area contributed by atoms with Crippen molar-refractivity contribution in [1.82, 2.24) is 5.32 Å². The Kier molecular flexibility index (Phi) is 6.97. The van der Waals surface area contributed by atoms with Crippen molar-refractivity contribution in [1.29, 1.82) is 0 Å². The molecule has 0 spiro atoms. The van der Waals surface area contributed by atoms with Gasteiger partial charge in [0.2, 0.25) is 0 Å². The van der Waals surface area contributed by atoms with Crippen molar-refractivity contribution >= 4 is 21.6 Å². The summed E-state index contributed by atoms with van der Waals surface area (Å²) in [4.78, 5) is 12.6. The zero-order valence-corrected chi connectivity index (χ0v) is 18.6. The van der Waals surface area contributed by atoms with E-state index in [1.54, 1.807) is 43.3 Å². The Labute approximate surface area is 183 Å². The van der Waals surface area contributed by atoms with Gasteiger partial charge in [-0.25, -0.2) is 8.42 Å². The summed E-state index contributed by atoms with van der Waals surface area (Å²) in [7, 11) is -3.69. The fraction of sp³-hybridized carbons (Fsp3) is 0.208. The second-order valence-electron chi connectivity index (χ2n) is 7.38. The summed E-state index contributed by atoms with van der Waals surface area (Å²) in [5.41, 5.74) is 3.78. The van der Waals surface area contributed by atoms with Gasteiger partial charge in [-0.15, -0.1) is 0 Å². The molecule has 0 aliphatic carbocycles. The molecule has 7 heteroatoms. The van der Waals surface area contributed by atoms with E-state index in [2.05, 4.69) is 16.1 Å². The van der Waals surface area contributed by atoms with Crippen LogP contribution in [0.1, 0.15) is 27.0 Å². The van der Waals surface area contributed by atoms with E-state index < -0.39 is 10.0 Å². The molecule has 0 atom stereocenters. The molecule has 0 saturated carbocycles. The lowest BCUT2D eigenvalue weighted by Crippen LogP contribution is -2.28. The molecule has 31 heavy (non-hydrogen) atoms. The predicted octanol–water partition coefficient (Wildman–Crippen LogP) is 4.22. The summed E-state index contributed by atoms with van der Waals surface area (Å²) in [5.74, 6) is 0.530. The Morgan fingerprint density at radius 2 is 1.58 bits per heavy atom. The minimum absolute atomic E-state index is 0.181. The number of aryl methyl sites for hydroxylation is 3. The average molecular weight is 439 g/mol. The third-order valence-corrected chi connectivity index (χ3v) is 6.02. The van der Waals surface area contributed by atoms with Crippen molar-refractivity contribution in [2.45, 2.75) is 25.7 Å². The minimum Gasteiger partial charge on any atom is -0.492 e. The molecule has 0 radical (unpaired) electrons. The third-order valence-electron chi connectivity index (χ3n) is 4.64. The lowest BCUT2D eigenvalue weighted by Gasteiger charge is -2.12. The van der Waals surface area contributed by atoms with Crippen LogP contribution < -0.4 is 14.8 Å². The van der Waals surface area contributed by atoms with Gasteiger partial charge in [0.25, 0.3) is 15.9 Å². The molecule has 3 rings (SSSR count). The first-order valence-electron chi connectivity index (χ1n) is 9.92. The van der Waals surface area contributed by atoms with E-state index >= 15 is 0 Å². The van der Waals surface area contributed by atoms with Gasteiger partial charge in [0.15, 0.2) is 0 Å². The van der Waals surface area contributed by atoms with Crippen molar-refractivity contribution < 1.29 is 17.9 Å². The predicted molar refractivity (Wildman–Crippen MR) is 122 cm³/mol. The van der Waals surface area contributed by atoms with E-state index in [0.29, 0.717) is 30.0 Å². The van der Waals surface area contributed by atoms with Crippen LogP contribution in [0.5, 0.6) is 5.75 Å². The summed E-state index contributed by atoms with van der Waals surface area (Å²) in [6.07, 6.45) is 0. The van der Waals surface area contributed by atoms with Crippen LogP contribution in [0.2, 0.25) is 0 Å². The number of anilines is 1. The molecule has 3 aromatic carbocycles. The Balaban J connectivity index is 1.57.